The van der Waals surface area contributed by atoms with E-state index in [-0.39, 0.29) is 5.82 Å². The first-order valence-electron chi connectivity index (χ1n) is 5.83. The molecule has 1 fully saturated rings. The fourth-order valence-electron chi connectivity index (χ4n) is 2.02. The number of hydrogen-bond acceptors (Lipinski definition) is 3. The smallest absolute Gasteiger partial charge is 0.141 e. The SMILES string of the molecule is Fc1ccc(N2CCC(OCCBr)CC2)nc1. The Morgan fingerprint density at radius 2 is 2.18 bits per heavy atom. The summed E-state index contributed by atoms with van der Waals surface area (Å²) in [6, 6.07) is 3.19. The highest BCUT2D eigenvalue weighted by Crippen LogP contribution is 2.19. The van der Waals surface area contributed by atoms with Gasteiger partial charge in [0.15, 0.2) is 0 Å². The van der Waals surface area contributed by atoms with E-state index in [0.717, 1.165) is 43.7 Å². The van der Waals surface area contributed by atoms with E-state index in [1.54, 1.807) is 6.07 Å². The van der Waals surface area contributed by atoms with Crippen molar-refractivity contribution in [1.82, 2.24) is 4.98 Å². The second-order valence-electron chi connectivity index (χ2n) is 4.08. The largest absolute Gasteiger partial charge is 0.377 e. The van der Waals surface area contributed by atoms with Gasteiger partial charge in [-0.1, -0.05) is 15.9 Å². The van der Waals surface area contributed by atoms with E-state index in [1.807, 2.05) is 0 Å². The molecule has 0 aliphatic carbocycles. The van der Waals surface area contributed by atoms with E-state index < -0.39 is 0 Å². The first-order valence-corrected chi connectivity index (χ1v) is 6.96. The number of ether oxygens (including phenoxy) is 1. The minimum atomic E-state index is -0.288. The van der Waals surface area contributed by atoms with Crippen molar-refractivity contribution in [3.63, 3.8) is 0 Å². The Hall–Kier alpha value is -0.680. The van der Waals surface area contributed by atoms with E-state index in [2.05, 4.69) is 25.8 Å². The molecule has 1 aliphatic heterocycles. The molecule has 17 heavy (non-hydrogen) atoms. The van der Waals surface area contributed by atoms with Gasteiger partial charge < -0.3 is 9.64 Å². The number of alkyl halides is 1. The predicted octanol–water partition coefficient (Wildman–Crippen LogP) is 2.60. The Morgan fingerprint density at radius 1 is 1.41 bits per heavy atom. The number of nitrogens with zero attached hydrogens (tertiary/aromatic N) is 2. The van der Waals surface area contributed by atoms with Crippen molar-refractivity contribution >= 4 is 21.7 Å². The number of piperidine rings is 1. The lowest BCUT2D eigenvalue weighted by Crippen LogP contribution is -2.37. The summed E-state index contributed by atoms with van der Waals surface area (Å²) in [6.07, 6.45) is 3.63. The molecule has 94 valence electrons. The molecule has 0 amide bonds. The van der Waals surface area contributed by atoms with Crippen LogP contribution in [0.5, 0.6) is 0 Å². The van der Waals surface area contributed by atoms with Crippen LogP contribution in [0, 0.1) is 5.82 Å². The molecule has 0 aromatic carbocycles. The van der Waals surface area contributed by atoms with Crippen molar-refractivity contribution < 1.29 is 9.13 Å². The van der Waals surface area contributed by atoms with E-state index >= 15 is 0 Å². The van der Waals surface area contributed by atoms with Crippen LogP contribution in [0.15, 0.2) is 18.3 Å². The van der Waals surface area contributed by atoms with Gasteiger partial charge in [0.2, 0.25) is 0 Å². The van der Waals surface area contributed by atoms with Gasteiger partial charge in [-0.2, -0.15) is 0 Å². The molecule has 0 radical (unpaired) electrons. The molecule has 0 spiro atoms. The standard InChI is InChI=1S/C12H16BrFN2O/c13-5-8-17-11-3-6-16(7-4-11)12-2-1-10(14)9-15-12/h1-2,9,11H,3-8H2. The van der Waals surface area contributed by atoms with E-state index in [9.17, 15) is 4.39 Å². The molecule has 5 heteroatoms. The first-order chi connectivity index (χ1) is 8.29. The number of hydrogen-bond donors (Lipinski definition) is 0. The van der Waals surface area contributed by atoms with Crippen molar-refractivity contribution in [1.29, 1.82) is 0 Å². The Balaban J connectivity index is 1.84. The van der Waals surface area contributed by atoms with Gasteiger partial charge >= 0.3 is 0 Å². The summed E-state index contributed by atoms with van der Waals surface area (Å²) in [5, 5.41) is 0.882. The van der Waals surface area contributed by atoms with Crippen LogP contribution in [-0.4, -0.2) is 36.1 Å². The fourth-order valence-corrected chi connectivity index (χ4v) is 2.20. The molecule has 1 aliphatic rings. The third-order valence-corrected chi connectivity index (χ3v) is 3.23. The van der Waals surface area contributed by atoms with Crippen LogP contribution in [-0.2, 0) is 4.74 Å². The highest BCUT2D eigenvalue weighted by molar-refractivity contribution is 9.09. The number of anilines is 1. The third kappa shape index (κ3) is 3.64. The second kappa shape index (κ2) is 6.31. The fraction of sp³-hybridized carbons (Fsp3) is 0.583. The van der Waals surface area contributed by atoms with Crippen molar-refractivity contribution in [3.8, 4) is 0 Å². The van der Waals surface area contributed by atoms with Gasteiger partial charge in [-0.05, 0) is 25.0 Å². The number of halogens is 2. The number of pyridine rings is 1. The van der Waals surface area contributed by atoms with E-state index in [0.29, 0.717) is 6.10 Å². The van der Waals surface area contributed by atoms with Gasteiger partial charge in [0.1, 0.15) is 11.6 Å². The summed E-state index contributed by atoms with van der Waals surface area (Å²) in [6.45, 7) is 2.61. The number of aromatic nitrogens is 1. The molecular formula is C12H16BrFN2O. The molecule has 1 aromatic heterocycles. The van der Waals surface area contributed by atoms with E-state index in [4.69, 9.17) is 4.74 Å². The first kappa shape index (κ1) is 12.8. The predicted molar refractivity (Wildman–Crippen MR) is 69.2 cm³/mol. The number of rotatable bonds is 4. The van der Waals surface area contributed by atoms with Crippen LogP contribution >= 0.6 is 15.9 Å². The highest BCUT2D eigenvalue weighted by atomic mass is 79.9. The van der Waals surface area contributed by atoms with Crippen LogP contribution in [0.1, 0.15) is 12.8 Å². The minimum Gasteiger partial charge on any atom is -0.377 e. The molecule has 0 N–H and O–H groups in total. The lowest BCUT2D eigenvalue weighted by atomic mass is 10.1. The van der Waals surface area contributed by atoms with Crippen molar-refractivity contribution in [2.24, 2.45) is 0 Å². The second-order valence-corrected chi connectivity index (χ2v) is 4.87. The average molecular weight is 303 g/mol. The zero-order valence-corrected chi connectivity index (χ0v) is 11.2. The van der Waals surface area contributed by atoms with Crippen molar-refractivity contribution in [2.75, 3.05) is 29.9 Å². The monoisotopic (exact) mass is 302 g/mol. The third-order valence-electron chi connectivity index (χ3n) is 2.91. The molecule has 0 unspecified atom stereocenters. The van der Waals surface area contributed by atoms with Gasteiger partial charge in [0.25, 0.3) is 0 Å². The lowest BCUT2D eigenvalue weighted by Gasteiger charge is -2.32. The Bertz CT molecular complexity index is 339. The van der Waals surface area contributed by atoms with Crippen LogP contribution in [0.4, 0.5) is 10.2 Å². The van der Waals surface area contributed by atoms with Gasteiger partial charge in [0.05, 0.1) is 18.9 Å². The summed E-state index contributed by atoms with van der Waals surface area (Å²) in [4.78, 5) is 6.27. The Morgan fingerprint density at radius 3 is 2.76 bits per heavy atom. The maximum absolute atomic E-state index is 12.7. The Labute approximate surface area is 109 Å². The van der Waals surface area contributed by atoms with Crippen LogP contribution in [0.25, 0.3) is 0 Å². The molecule has 0 atom stereocenters. The zero-order chi connectivity index (χ0) is 12.1. The van der Waals surface area contributed by atoms with Crippen molar-refractivity contribution in [2.45, 2.75) is 18.9 Å². The van der Waals surface area contributed by atoms with Gasteiger partial charge in [-0.3, -0.25) is 0 Å². The molecule has 1 aromatic rings. The molecule has 2 rings (SSSR count). The van der Waals surface area contributed by atoms with Crippen LogP contribution in [0.3, 0.4) is 0 Å². The normalized spacial score (nSPS) is 17.4. The summed E-state index contributed by atoms with van der Waals surface area (Å²) in [5.41, 5.74) is 0. The molecule has 1 saturated heterocycles. The van der Waals surface area contributed by atoms with E-state index in [1.165, 1.54) is 12.3 Å². The summed E-state index contributed by atoms with van der Waals surface area (Å²) in [5.74, 6) is 0.564. The summed E-state index contributed by atoms with van der Waals surface area (Å²) < 4.78 is 18.4. The van der Waals surface area contributed by atoms with Crippen LogP contribution < -0.4 is 4.90 Å². The topological polar surface area (TPSA) is 25.4 Å². The average Bonchev–Trinajstić information content (AvgIpc) is 2.38. The van der Waals surface area contributed by atoms with Gasteiger partial charge in [-0.25, -0.2) is 9.37 Å². The maximum atomic E-state index is 12.7. The quantitative estimate of drug-likeness (QED) is 0.800. The molecule has 2 heterocycles. The molecule has 0 saturated carbocycles. The zero-order valence-electron chi connectivity index (χ0n) is 9.61. The highest BCUT2D eigenvalue weighted by Gasteiger charge is 2.20. The van der Waals surface area contributed by atoms with Gasteiger partial charge in [0, 0.05) is 18.4 Å². The maximum Gasteiger partial charge on any atom is 0.141 e. The molecular weight excluding hydrogens is 287 g/mol. The van der Waals surface area contributed by atoms with Crippen molar-refractivity contribution in [3.05, 3.63) is 24.1 Å². The molecule has 0 bridgehead atoms. The minimum absolute atomic E-state index is 0.288. The van der Waals surface area contributed by atoms with Gasteiger partial charge in [-0.15, -0.1) is 0 Å². The lowest BCUT2D eigenvalue weighted by molar-refractivity contribution is 0.0480. The molecule has 3 nitrogen and oxygen atoms in total. The van der Waals surface area contributed by atoms with Crippen LogP contribution in [0.2, 0.25) is 0 Å². The Kier molecular flexibility index (Phi) is 4.74. The summed E-state index contributed by atoms with van der Waals surface area (Å²) >= 11 is 3.35. The summed E-state index contributed by atoms with van der Waals surface area (Å²) in [7, 11) is 0.